The van der Waals surface area contributed by atoms with Crippen LogP contribution in [-0.4, -0.2) is 6.61 Å². The predicted molar refractivity (Wildman–Crippen MR) is 83.7 cm³/mol. The standard InChI is InChI=1S/C16H15BrN2O/c1-2-20-13-9-7-12(8-10-13)16(11-18)19-15-6-4-3-5-14(15)17/h3-10,16,19H,2H2,1H3. The van der Waals surface area contributed by atoms with Crippen molar-refractivity contribution >= 4 is 21.6 Å². The van der Waals surface area contributed by atoms with Gasteiger partial charge in [0.1, 0.15) is 11.8 Å². The van der Waals surface area contributed by atoms with Gasteiger partial charge >= 0.3 is 0 Å². The van der Waals surface area contributed by atoms with E-state index in [2.05, 4.69) is 27.3 Å². The number of ether oxygens (including phenoxy) is 1. The Hall–Kier alpha value is -1.99. The van der Waals surface area contributed by atoms with E-state index in [-0.39, 0.29) is 0 Å². The van der Waals surface area contributed by atoms with Gasteiger partial charge in [0.2, 0.25) is 0 Å². The van der Waals surface area contributed by atoms with E-state index < -0.39 is 6.04 Å². The minimum atomic E-state index is -0.399. The third-order valence-corrected chi connectivity index (χ3v) is 3.52. The van der Waals surface area contributed by atoms with Gasteiger partial charge in [0, 0.05) is 10.2 Å². The number of benzene rings is 2. The molecule has 102 valence electrons. The Kier molecular flexibility index (Phi) is 5.03. The summed E-state index contributed by atoms with van der Waals surface area (Å²) in [5.41, 5.74) is 1.81. The molecule has 1 unspecified atom stereocenters. The van der Waals surface area contributed by atoms with E-state index in [1.807, 2.05) is 55.5 Å². The Bertz CT molecular complexity index is 605. The molecule has 0 saturated heterocycles. The van der Waals surface area contributed by atoms with Crippen LogP contribution in [0.25, 0.3) is 0 Å². The lowest BCUT2D eigenvalue weighted by Gasteiger charge is -2.15. The number of hydrogen-bond donors (Lipinski definition) is 1. The topological polar surface area (TPSA) is 45.0 Å². The SMILES string of the molecule is CCOc1ccc(C(C#N)Nc2ccccc2Br)cc1. The fourth-order valence-corrected chi connectivity index (χ4v) is 2.25. The van der Waals surface area contributed by atoms with Crippen molar-refractivity contribution in [2.45, 2.75) is 13.0 Å². The second-order valence-electron chi connectivity index (χ2n) is 4.19. The zero-order chi connectivity index (χ0) is 14.4. The summed E-state index contributed by atoms with van der Waals surface area (Å²) in [6, 6.07) is 17.2. The van der Waals surface area contributed by atoms with Gasteiger partial charge in [-0.05, 0) is 52.7 Å². The van der Waals surface area contributed by atoms with Crippen LogP contribution in [0.3, 0.4) is 0 Å². The predicted octanol–water partition coefficient (Wildman–Crippen LogP) is 4.52. The average molecular weight is 331 g/mol. The molecule has 0 amide bonds. The van der Waals surface area contributed by atoms with E-state index in [1.165, 1.54) is 0 Å². The summed E-state index contributed by atoms with van der Waals surface area (Å²) < 4.78 is 6.34. The van der Waals surface area contributed by atoms with Crippen LogP contribution in [0.2, 0.25) is 0 Å². The molecule has 2 rings (SSSR count). The minimum Gasteiger partial charge on any atom is -0.494 e. The lowest BCUT2D eigenvalue weighted by Crippen LogP contribution is -2.08. The van der Waals surface area contributed by atoms with Gasteiger partial charge in [-0.25, -0.2) is 0 Å². The molecule has 0 aromatic heterocycles. The summed E-state index contributed by atoms with van der Waals surface area (Å²) in [7, 11) is 0. The fraction of sp³-hybridized carbons (Fsp3) is 0.188. The van der Waals surface area contributed by atoms with Crippen LogP contribution in [0.1, 0.15) is 18.5 Å². The second kappa shape index (κ2) is 6.97. The zero-order valence-corrected chi connectivity index (χ0v) is 12.7. The van der Waals surface area contributed by atoms with Crippen molar-refractivity contribution in [1.82, 2.24) is 0 Å². The highest BCUT2D eigenvalue weighted by Crippen LogP contribution is 2.26. The maximum atomic E-state index is 9.35. The van der Waals surface area contributed by atoms with E-state index in [9.17, 15) is 5.26 Å². The summed E-state index contributed by atoms with van der Waals surface area (Å²) in [6.07, 6.45) is 0. The normalized spacial score (nSPS) is 11.4. The number of nitrogens with one attached hydrogen (secondary N) is 1. The van der Waals surface area contributed by atoms with Gasteiger partial charge in [-0.2, -0.15) is 5.26 Å². The third-order valence-electron chi connectivity index (χ3n) is 2.83. The number of hydrogen-bond acceptors (Lipinski definition) is 3. The highest BCUT2D eigenvalue weighted by atomic mass is 79.9. The molecule has 0 heterocycles. The van der Waals surface area contributed by atoms with Crippen molar-refractivity contribution in [2.75, 3.05) is 11.9 Å². The van der Waals surface area contributed by atoms with Crippen LogP contribution in [0.15, 0.2) is 53.0 Å². The van der Waals surface area contributed by atoms with Gasteiger partial charge in [-0.3, -0.25) is 0 Å². The first-order chi connectivity index (χ1) is 9.74. The molecular formula is C16H15BrN2O. The number of nitriles is 1. The Labute approximate surface area is 127 Å². The maximum Gasteiger partial charge on any atom is 0.140 e. The number of para-hydroxylation sites is 1. The molecule has 20 heavy (non-hydrogen) atoms. The van der Waals surface area contributed by atoms with Gasteiger partial charge in [0.15, 0.2) is 0 Å². The van der Waals surface area contributed by atoms with E-state index in [0.717, 1.165) is 21.5 Å². The summed E-state index contributed by atoms with van der Waals surface area (Å²) in [5, 5.41) is 12.6. The molecule has 4 heteroatoms. The number of nitrogens with zero attached hydrogens (tertiary/aromatic N) is 1. The van der Waals surface area contributed by atoms with Crippen LogP contribution in [0.4, 0.5) is 5.69 Å². The first-order valence-electron chi connectivity index (χ1n) is 6.38. The Morgan fingerprint density at radius 1 is 1.20 bits per heavy atom. The van der Waals surface area contributed by atoms with Crippen LogP contribution >= 0.6 is 15.9 Å². The van der Waals surface area contributed by atoms with Gasteiger partial charge in [-0.15, -0.1) is 0 Å². The molecule has 0 aliphatic carbocycles. The lowest BCUT2D eigenvalue weighted by atomic mass is 10.1. The highest BCUT2D eigenvalue weighted by Gasteiger charge is 2.11. The molecule has 0 fully saturated rings. The molecule has 0 radical (unpaired) electrons. The van der Waals surface area contributed by atoms with E-state index in [1.54, 1.807) is 0 Å². The number of anilines is 1. The number of rotatable bonds is 5. The fourth-order valence-electron chi connectivity index (χ4n) is 1.85. The average Bonchev–Trinajstić information content (AvgIpc) is 2.48. The van der Waals surface area contributed by atoms with Crippen molar-refractivity contribution in [1.29, 1.82) is 5.26 Å². The minimum absolute atomic E-state index is 0.399. The van der Waals surface area contributed by atoms with Gasteiger partial charge < -0.3 is 10.1 Å². The lowest BCUT2D eigenvalue weighted by molar-refractivity contribution is 0.340. The van der Waals surface area contributed by atoms with Crippen LogP contribution in [0.5, 0.6) is 5.75 Å². The molecule has 0 bridgehead atoms. The molecule has 1 N–H and O–H groups in total. The Morgan fingerprint density at radius 3 is 2.50 bits per heavy atom. The molecule has 1 atom stereocenters. The van der Waals surface area contributed by atoms with E-state index >= 15 is 0 Å². The summed E-state index contributed by atoms with van der Waals surface area (Å²) in [6.45, 7) is 2.58. The monoisotopic (exact) mass is 330 g/mol. The van der Waals surface area contributed by atoms with Crippen LogP contribution in [0, 0.1) is 11.3 Å². The van der Waals surface area contributed by atoms with Crippen molar-refractivity contribution < 1.29 is 4.74 Å². The first kappa shape index (κ1) is 14.4. The quantitative estimate of drug-likeness (QED) is 0.876. The second-order valence-corrected chi connectivity index (χ2v) is 5.04. The number of halogens is 1. The largest absolute Gasteiger partial charge is 0.494 e. The van der Waals surface area contributed by atoms with Gasteiger partial charge in [-0.1, -0.05) is 24.3 Å². The van der Waals surface area contributed by atoms with Crippen molar-refractivity contribution in [3.8, 4) is 11.8 Å². The molecule has 3 nitrogen and oxygen atoms in total. The maximum absolute atomic E-state index is 9.35. The van der Waals surface area contributed by atoms with E-state index in [0.29, 0.717) is 6.61 Å². The Balaban J connectivity index is 2.16. The molecule has 0 saturated carbocycles. The zero-order valence-electron chi connectivity index (χ0n) is 11.1. The molecule has 2 aromatic rings. The van der Waals surface area contributed by atoms with Crippen molar-refractivity contribution in [3.63, 3.8) is 0 Å². The molecule has 0 aliphatic heterocycles. The smallest absolute Gasteiger partial charge is 0.140 e. The third kappa shape index (κ3) is 3.52. The van der Waals surface area contributed by atoms with Gasteiger partial charge in [0.05, 0.1) is 12.7 Å². The summed E-state index contributed by atoms with van der Waals surface area (Å²) in [5.74, 6) is 0.814. The van der Waals surface area contributed by atoms with Crippen LogP contribution < -0.4 is 10.1 Å². The molecule has 0 spiro atoms. The first-order valence-corrected chi connectivity index (χ1v) is 7.17. The summed E-state index contributed by atoms with van der Waals surface area (Å²) >= 11 is 3.47. The van der Waals surface area contributed by atoms with Crippen molar-refractivity contribution in [2.24, 2.45) is 0 Å². The van der Waals surface area contributed by atoms with Gasteiger partial charge in [0.25, 0.3) is 0 Å². The molecule has 2 aromatic carbocycles. The van der Waals surface area contributed by atoms with Crippen LogP contribution in [-0.2, 0) is 0 Å². The molecule has 0 aliphatic rings. The Morgan fingerprint density at radius 2 is 1.90 bits per heavy atom. The molecular weight excluding hydrogens is 316 g/mol. The van der Waals surface area contributed by atoms with Crippen molar-refractivity contribution in [3.05, 3.63) is 58.6 Å². The van der Waals surface area contributed by atoms with E-state index in [4.69, 9.17) is 4.74 Å². The highest BCUT2D eigenvalue weighted by molar-refractivity contribution is 9.10. The summed E-state index contributed by atoms with van der Waals surface area (Å²) in [4.78, 5) is 0.